The van der Waals surface area contributed by atoms with Gasteiger partial charge in [0, 0.05) is 12.6 Å². The zero-order valence-corrected chi connectivity index (χ0v) is 19.5. The minimum absolute atomic E-state index is 0.0426. The first-order valence-electron chi connectivity index (χ1n) is 11.8. The molecule has 4 rings (SSSR count). The van der Waals surface area contributed by atoms with Crippen LogP contribution in [0.25, 0.3) is 11.0 Å². The Labute approximate surface area is 185 Å². The van der Waals surface area contributed by atoms with Crippen LogP contribution in [-0.4, -0.2) is 44.4 Å². The quantitative estimate of drug-likeness (QED) is 0.781. The maximum absolute atomic E-state index is 13.8. The smallest absolute Gasteiger partial charge is 0.290 e. The number of rotatable bonds is 5. The van der Waals surface area contributed by atoms with Crippen molar-refractivity contribution in [3.63, 3.8) is 0 Å². The largest absolute Gasteiger partial charge is 0.351 e. The number of aromatic nitrogens is 2. The number of amides is 2. The van der Waals surface area contributed by atoms with Gasteiger partial charge in [0.1, 0.15) is 5.54 Å². The Hall–Kier alpha value is -2.37. The molecule has 1 saturated carbocycles. The lowest BCUT2D eigenvalue weighted by Crippen LogP contribution is -2.65. The van der Waals surface area contributed by atoms with Crippen LogP contribution in [0.2, 0.25) is 0 Å². The molecule has 1 aromatic heterocycles. The average molecular weight is 425 g/mol. The molecule has 0 radical (unpaired) electrons. The summed E-state index contributed by atoms with van der Waals surface area (Å²) in [5, 5.41) is 3.35. The van der Waals surface area contributed by atoms with Gasteiger partial charge in [-0.1, -0.05) is 52.7 Å². The fourth-order valence-electron chi connectivity index (χ4n) is 5.18. The van der Waals surface area contributed by atoms with E-state index in [-0.39, 0.29) is 17.9 Å². The van der Waals surface area contributed by atoms with Crippen LogP contribution in [0, 0.1) is 17.8 Å². The van der Waals surface area contributed by atoms with E-state index >= 15 is 0 Å². The Bertz CT molecular complexity index is 981. The molecule has 0 saturated heterocycles. The average Bonchev–Trinajstić information content (AvgIpc) is 3.09. The van der Waals surface area contributed by atoms with Crippen LogP contribution < -0.4 is 5.32 Å². The van der Waals surface area contributed by atoms with E-state index in [0.29, 0.717) is 36.7 Å². The van der Waals surface area contributed by atoms with E-state index in [2.05, 4.69) is 38.0 Å². The maximum atomic E-state index is 13.8. The highest BCUT2D eigenvalue weighted by Gasteiger charge is 2.49. The van der Waals surface area contributed by atoms with Crippen molar-refractivity contribution < 1.29 is 9.59 Å². The van der Waals surface area contributed by atoms with Gasteiger partial charge < -0.3 is 14.8 Å². The summed E-state index contributed by atoms with van der Waals surface area (Å²) < 4.78 is 1.94. The van der Waals surface area contributed by atoms with Crippen molar-refractivity contribution in [2.45, 2.75) is 78.4 Å². The Balaban J connectivity index is 1.69. The number of nitrogens with one attached hydrogen (secondary N) is 1. The second-order valence-corrected chi connectivity index (χ2v) is 10.3. The van der Waals surface area contributed by atoms with E-state index in [1.165, 1.54) is 6.42 Å². The van der Waals surface area contributed by atoms with Gasteiger partial charge in [0.15, 0.2) is 5.82 Å². The lowest BCUT2D eigenvalue weighted by Gasteiger charge is -2.45. The summed E-state index contributed by atoms with van der Waals surface area (Å²) in [7, 11) is 0. The molecular weight excluding hydrogens is 388 g/mol. The van der Waals surface area contributed by atoms with Crippen molar-refractivity contribution in [2.24, 2.45) is 17.8 Å². The van der Waals surface area contributed by atoms with Gasteiger partial charge in [-0.15, -0.1) is 0 Å². The third-order valence-corrected chi connectivity index (χ3v) is 7.60. The van der Waals surface area contributed by atoms with E-state index < -0.39 is 5.54 Å². The number of para-hydroxylation sites is 2. The van der Waals surface area contributed by atoms with Crippen molar-refractivity contribution in [3.05, 3.63) is 30.1 Å². The van der Waals surface area contributed by atoms with E-state index in [4.69, 9.17) is 0 Å². The molecule has 6 nitrogen and oxygen atoms in total. The van der Waals surface area contributed by atoms with E-state index in [1.54, 1.807) is 4.90 Å². The number of nitrogens with zero attached hydrogens (tertiary/aromatic N) is 3. The molecule has 0 spiro atoms. The Kier molecular flexibility index (Phi) is 5.84. The summed E-state index contributed by atoms with van der Waals surface area (Å²) in [5.74, 6) is 1.73. The monoisotopic (exact) mass is 424 g/mol. The Morgan fingerprint density at radius 1 is 1.26 bits per heavy atom. The van der Waals surface area contributed by atoms with Crippen LogP contribution in [0.3, 0.4) is 0 Å². The molecule has 6 heteroatoms. The first-order valence-corrected chi connectivity index (χ1v) is 11.8. The molecule has 4 atom stereocenters. The van der Waals surface area contributed by atoms with Gasteiger partial charge in [-0.3, -0.25) is 9.59 Å². The highest BCUT2D eigenvalue weighted by Crippen LogP contribution is 2.33. The highest BCUT2D eigenvalue weighted by molar-refractivity contribution is 6.01. The first kappa shape index (κ1) is 21.8. The predicted molar refractivity (Wildman–Crippen MR) is 123 cm³/mol. The molecule has 1 aliphatic heterocycles. The minimum atomic E-state index is -0.942. The summed E-state index contributed by atoms with van der Waals surface area (Å²) in [6, 6.07) is 7.95. The Morgan fingerprint density at radius 2 is 2.00 bits per heavy atom. The summed E-state index contributed by atoms with van der Waals surface area (Å²) in [4.78, 5) is 33.8. The van der Waals surface area contributed by atoms with E-state index in [1.807, 2.05) is 35.8 Å². The van der Waals surface area contributed by atoms with Crippen LogP contribution >= 0.6 is 0 Å². The lowest BCUT2D eigenvalue weighted by molar-refractivity contribution is -0.134. The van der Waals surface area contributed by atoms with Crippen LogP contribution in [0.5, 0.6) is 0 Å². The summed E-state index contributed by atoms with van der Waals surface area (Å²) in [6.45, 7) is 11.7. The van der Waals surface area contributed by atoms with Gasteiger partial charge in [-0.05, 0) is 49.7 Å². The molecule has 168 valence electrons. The fourth-order valence-corrected chi connectivity index (χ4v) is 5.18. The van der Waals surface area contributed by atoms with E-state index in [0.717, 1.165) is 30.3 Å². The van der Waals surface area contributed by atoms with Gasteiger partial charge in [-0.25, -0.2) is 4.98 Å². The molecule has 0 bridgehead atoms. The number of hydrogen-bond donors (Lipinski definition) is 1. The van der Waals surface area contributed by atoms with Crippen molar-refractivity contribution in [1.82, 2.24) is 19.8 Å². The minimum Gasteiger partial charge on any atom is -0.351 e. The third kappa shape index (κ3) is 3.85. The molecule has 2 amide bonds. The lowest BCUT2D eigenvalue weighted by atomic mass is 9.77. The first-order chi connectivity index (χ1) is 14.7. The SMILES string of the molecule is CC(C)CCN1C(=O)c2nc3ccccc3n2C[C@]1(C)C(=O)N[C@@H]1CCC[C@@H](C)[C@@H]1C. The van der Waals surface area contributed by atoms with Crippen LogP contribution in [0.15, 0.2) is 24.3 Å². The van der Waals surface area contributed by atoms with Crippen LogP contribution in [0.1, 0.15) is 70.9 Å². The van der Waals surface area contributed by atoms with Crippen molar-refractivity contribution in [3.8, 4) is 0 Å². The molecule has 2 aromatic rings. The standard InChI is InChI=1S/C25H36N4O2/c1-16(2)13-14-29-23(30)22-26-20-10-6-7-12-21(20)28(22)15-25(29,5)24(31)27-19-11-8-9-17(3)18(19)4/h6-7,10,12,16-19H,8-9,11,13-15H2,1-5H3,(H,27,31)/t17-,18+,19-,25-/m1/s1. The van der Waals surface area contributed by atoms with Crippen molar-refractivity contribution >= 4 is 22.8 Å². The third-order valence-electron chi connectivity index (χ3n) is 7.60. The molecule has 2 aliphatic rings. The summed E-state index contributed by atoms with van der Waals surface area (Å²) >= 11 is 0. The zero-order valence-electron chi connectivity index (χ0n) is 19.5. The topological polar surface area (TPSA) is 67.2 Å². The van der Waals surface area contributed by atoms with Crippen molar-refractivity contribution in [1.29, 1.82) is 0 Å². The summed E-state index contributed by atoms with van der Waals surface area (Å²) in [6.07, 6.45) is 4.21. The Morgan fingerprint density at radius 3 is 2.74 bits per heavy atom. The summed E-state index contributed by atoms with van der Waals surface area (Å²) in [5.41, 5.74) is 0.769. The number of imidazole rings is 1. The van der Waals surface area contributed by atoms with Gasteiger partial charge >= 0.3 is 0 Å². The number of carbonyl (C=O) groups excluding carboxylic acids is 2. The van der Waals surface area contributed by atoms with Crippen LogP contribution in [-0.2, 0) is 11.3 Å². The zero-order chi connectivity index (χ0) is 22.3. The second-order valence-electron chi connectivity index (χ2n) is 10.3. The number of benzene rings is 1. The molecule has 1 aromatic carbocycles. The van der Waals surface area contributed by atoms with Gasteiger partial charge in [-0.2, -0.15) is 0 Å². The molecule has 1 N–H and O–H groups in total. The second kappa shape index (κ2) is 8.29. The number of carbonyl (C=O) groups is 2. The molecule has 0 unspecified atom stereocenters. The molecule has 31 heavy (non-hydrogen) atoms. The number of hydrogen-bond acceptors (Lipinski definition) is 3. The van der Waals surface area contributed by atoms with Crippen LogP contribution in [0.4, 0.5) is 0 Å². The van der Waals surface area contributed by atoms with E-state index in [9.17, 15) is 9.59 Å². The molecular formula is C25H36N4O2. The van der Waals surface area contributed by atoms with Gasteiger partial charge in [0.25, 0.3) is 5.91 Å². The molecule has 1 aliphatic carbocycles. The number of fused-ring (bicyclic) bond motifs is 3. The predicted octanol–water partition coefficient (Wildman–Crippen LogP) is 4.24. The van der Waals surface area contributed by atoms with Gasteiger partial charge in [0.2, 0.25) is 5.91 Å². The fraction of sp³-hybridized carbons (Fsp3) is 0.640. The normalized spacial score (nSPS) is 28.8. The maximum Gasteiger partial charge on any atom is 0.290 e. The van der Waals surface area contributed by atoms with Crippen molar-refractivity contribution in [2.75, 3.05) is 6.54 Å². The molecule has 2 heterocycles. The molecule has 1 fully saturated rings. The van der Waals surface area contributed by atoms with Gasteiger partial charge in [0.05, 0.1) is 17.6 Å². The highest BCUT2D eigenvalue weighted by atomic mass is 16.2.